The summed E-state index contributed by atoms with van der Waals surface area (Å²) >= 11 is 13.7. The van der Waals surface area contributed by atoms with Crippen molar-refractivity contribution in [2.24, 2.45) is 5.73 Å². The Balaban J connectivity index is 2.06. The zero-order chi connectivity index (χ0) is 14.5. The van der Waals surface area contributed by atoms with Crippen molar-refractivity contribution in [3.8, 4) is 0 Å². The van der Waals surface area contributed by atoms with Crippen LogP contribution in [0, 0.1) is 0 Å². The van der Waals surface area contributed by atoms with Crippen LogP contribution in [0.1, 0.15) is 23.3 Å². The van der Waals surface area contributed by atoms with E-state index in [0.29, 0.717) is 0 Å². The van der Waals surface area contributed by atoms with E-state index in [1.165, 1.54) is 11.1 Å². The van der Waals surface area contributed by atoms with Crippen LogP contribution < -0.4 is 5.73 Å². The number of nitrogens with two attached hydrogens (primary N) is 1. The molecule has 2 aromatic rings. The summed E-state index contributed by atoms with van der Waals surface area (Å²) in [6, 6.07) is 15.9. The van der Waals surface area contributed by atoms with Crippen molar-refractivity contribution >= 4 is 35.0 Å². The van der Waals surface area contributed by atoms with Gasteiger partial charge in [0.15, 0.2) is 0 Å². The van der Waals surface area contributed by atoms with Crippen molar-refractivity contribution < 1.29 is 0 Å². The molecule has 0 aromatic heterocycles. The van der Waals surface area contributed by atoms with E-state index < -0.39 is 0 Å². The fourth-order valence-corrected chi connectivity index (χ4v) is 3.44. The first-order valence-electron chi connectivity index (χ1n) is 6.43. The molecule has 0 aliphatic heterocycles. The third kappa shape index (κ3) is 4.42. The maximum Gasteiger partial charge on any atom is 0.0448 e. The smallest absolute Gasteiger partial charge is 0.0448 e. The molecule has 2 N–H and O–H groups in total. The van der Waals surface area contributed by atoms with Gasteiger partial charge in [0.25, 0.3) is 0 Å². The predicted octanol–water partition coefficient (Wildman–Crippen LogP) is 5.32. The summed E-state index contributed by atoms with van der Waals surface area (Å²) in [7, 11) is 0. The maximum absolute atomic E-state index is 6.12. The summed E-state index contributed by atoms with van der Waals surface area (Å²) in [5.74, 6) is 0.909. The molecule has 0 spiro atoms. The van der Waals surface area contributed by atoms with Gasteiger partial charge in [0.2, 0.25) is 0 Å². The molecule has 0 aliphatic carbocycles. The third-order valence-corrected chi connectivity index (χ3v) is 5.08. The van der Waals surface area contributed by atoms with E-state index in [-0.39, 0.29) is 11.3 Å². The van der Waals surface area contributed by atoms with Gasteiger partial charge in [-0.2, -0.15) is 0 Å². The van der Waals surface area contributed by atoms with E-state index in [1.807, 2.05) is 55.1 Å². The monoisotopic (exact) mass is 325 g/mol. The molecule has 0 saturated carbocycles. The molecule has 2 atom stereocenters. The highest BCUT2D eigenvalue weighted by Crippen LogP contribution is 2.34. The standard InChI is InChI=1S/C16H17Cl2NS/c1-11(19)16(13-4-8-15(18)9-5-13)20-10-12-2-6-14(17)7-3-12/h2-9,11,16H,10,19H2,1H3. The fraction of sp³-hybridized carbons (Fsp3) is 0.250. The lowest BCUT2D eigenvalue weighted by Crippen LogP contribution is -2.22. The van der Waals surface area contributed by atoms with Gasteiger partial charge in [0, 0.05) is 27.1 Å². The second-order valence-corrected chi connectivity index (χ2v) is 6.77. The highest BCUT2D eigenvalue weighted by atomic mass is 35.5. The van der Waals surface area contributed by atoms with Crippen molar-refractivity contribution in [3.05, 3.63) is 69.7 Å². The zero-order valence-corrected chi connectivity index (χ0v) is 13.6. The molecule has 0 radical (unpaired) electrons. The molecule has 106 valence electrons. The van der Waals surface area contributed by atoms with Crippen molar-refractivity contribution in [2.45, 2.75) is 24.0 Å². The maximum atomic E-state index is 6.12. The summed E-state index contributed by atoms with van der Waals surface area (Å²) in [5.41, 5.74) is 8.58. The first-order valence-corrected chi connectivity index (χ1v) is 8.24. The van der Waals surface area contributed by atoms with E-state index in [9.17, 15) is 0 Å². The Bertz CT molecular complexity index is 537. The summed E-state index contributed by atoms with van der Waals surface area (Å²) < 4.78 is 0. The minimum absolute atomic E-state index is 0.0773. The van der Waals surface area contributed by atoms with Crippen molar-refractivity contribution in [1.29, 1.82) is 0 Å². The van der Waals surface area contributed by atoms with Gasteiger partial charge < -0.3 is 5.73 Å². The minimum Gasteiger partial charge on any atom is -0.327 e. The van der Waals surface area contributed by atoms with E-state index in [2.05, 4.69) is 12.1 Å². The van der Waals surface area contributed by atoms with Crippen molar-refractivity contribution in [3.63, 3.8) is 0 Å². The molecule has 2 aromatic carbocycles. The summed E-state index contributed by atoms with van der Waals surface area (Å²) in [4.78, 5) is 0. The topological polar surface area (TPSA) is 26.0 Å². The zero-order valence-electron chi connectivity index (χ0n) is 11.2. The third-order valence-electron chi connectivity index (χ3n) is 3.02. The SMILES string of the molecule is CC(N)C(SCc1ccc(Cl)cc1)c1ccc(Cl)cc1. The van der Waals surface area contributed by atoms with Crippen molar-refractivity contribution in [2.75, 3.05) is 0 Å². The summed E-state index contributed by atoms with van der Waals surface area (Å²) in [5, 5.41) is 1.77. The molecule has 0 heterocycles. The van der Waals surface area contributed by atoms with Crippen LogP contribution in [-0.4, -0.2) is 6.04 Å². The van der Waals surface area contributed by atoms with Gasteiger partial charge in [0.05, 0.1) is 0 Å². The Hall–Kier alpha value is -0.670. The van der Waals surface area contributed by atoms with Crippen LogP contribution in [0.2, 0.25) is 10.0 Å². The predicted molar refractivity (Wildman–Crippen MR) is 90.6 cm³/mol. The van der Waals surface area contributed by atoms with Gasteiger partial charge >= 0.3 is 0 Å². The van der Waals surface area contributed by atoms with Gasteiger partial charge in [-0.1, -0.05) is 47.5 Å². The van der Waals surface area contributed by atoms with Gasteiger partial charge in [-0.25, -0.2) is 0 Å². The summed E-state index contributed by atoms with van der Waals surface area (Å²) in [6.07, 6.45) is 0. The molecular weight excluding hydrogens is 309 g/mol. The van der Waals surface area contributed by atoms with Crippen LogP contribution in [-0.2, 0) is 5.75 Å². The molecule has 0 saturated heterocycles. The molecule has 2 rings (SSSR count). The molecule has 4 heteroatoms. The molecule has 1 nitrogen and oxygen atoms in total. The van der Waals surface area contributed by atoms with E-state index in [1.54, 1.807) is 0 Å². The first-order chi connectivity index (χ1) is 9.56. The van der Waals surface area contributed by atoms with Crippen LogP contribution in [0.15, 0.2) is 48.5 Å². The molecule has 20 heavy (non-hydrogen) atoms. The number of thioether (sulfide) groups is 1. The lowest BCUT2D eigenvalue weighted by Gasteiger charge is -2.21. The van der Waals surface area contributed by atoms with Crippen LogP contribution >= 0.6 is 35.0 Å². The highest BCUT2D eigenvalue weighted by Gasteiger charge is 2.16. The normalized spacial score (nSPS) is 14.0. The van der Waals surface area contributed by atoms with E-state index >= 15 is 0 Å². The number of halogens is 2. The van der Waals surface area contributed by atoms with E-state index in [0.717, 1.165) is 15.8 Å². The van der Waals surface area contributed by atoms with Gasteiger partial charge in [0.1, 0.15) is 0 Å². The molecule has 0 bridgehead atoms. The van der Waals surface area contributed by atoms with Crippen LogP contribution in [0.3, 0.4) is 0 Å². The quantitative estimate of drug-likeness (QED) is 0.805. The Labute approximate surface area is 134 Å². The summed E-state index contributed by atoms with van der Waals surface area (Å²) in [6.45, 7) is 2.04. The fourth-order valence-electron chi connectivity index (χ4n) is 1.97. The first kappa shape index (κ1) is 15.7. The van der Waals surface area contributed by atoms with Crippen molar-refractivity contribution in [1.82, 2.24) is 0 Å². The lowest BCUT2D eigenvalue weighted by atomic mass is 10.1. The molecule has 0 aliphatic rings. The number of hydrogen-bond donors (Lipinski definition) is 1. The average molecular weight is 326 g/mol. The molecule has 0 fully saturated rings. The van der Waals surface area contributed by atoms with Crippen LogP contribution in [0.4, 0.5) is 0 Å². The van der Waals surface area contributed by atoms with Gasteiger partial charge in [-0.3, -0.25) is 0 Å². The highest BCUT2D eigenvalue weighted by molar-refractivity contribution is 7.98. The largest absolute Gasteiger partial charge is 0.327 e. The average Bonchev–Trinajstić information content (AvgIpc) is 2.43. The Kier molecular flexibility index (Phi) is 5.79. The number of benzene rings is 2. The molecule has 2 unspecified atom stereocenters. The van der Waals surface area contributed by atoms with Gasteiger partial charge in [-0.05, 0) is 42.3 Å². The van der Waals surface area contributed by atoms with E-state index in [4.69, 9.17) is 28.9 Å². The van der Waals surface area contributed by atoms with Gasteiger partial charge in [-0.15, -0.1) is 11.8 Å². The van der Waals surface area contributed by atoms with Crippen LogP contribution in [0.5, 0.6) is 0 Å². The Morgan fingerprint density at radius 2 is 1.45 bits per heavy atom. The Morgan fingerprint density at radius 1 is 0.950 bits per heavy atom. The second kappa shape index (κ2) is 7.37. The second-order valence-electron chi connectivity index (χ2n) is 4.77. The number of hydrogen-bond acceptors (Lipinski definition) is 2. The minimum atomic E-state index is 0.0773. The van der Waals surface area contributed by atoms with Crippen LogP contribution in [0.25, 0.3) is 0 Å². The Morgan fingerprint density at radius 3 is 1.95 bits per heavy atom. The molecule has 0 amide bonds. The lowest BCUT2D eigenvalue weighted by molar-refractivity contribution is 0.721. The number of rotatable bonds is 5. The molecular formula is C16H17Cl2NS.